The molecule has 0 saturated carbocycles. The van der Waals surface area contributed by atoms with Gasteiger partial charge in [-0.2, -0.15) is 5.26 Å². The van der Waals surface area contributed by atoms with Crippen LogP contribution in [0.3, 0.4) is 0 Å². The second kappa shape index (κ2) is 14.7. The molecule has 0 saturated heterocycles. The summed E-state index contributed by atoms with van der Waals surface area (Å²) < 4.78 is 3.80. The van der Waals surface area contributed by atoms with E-state index < -0.39 is 12.1 Å². The van der Waals surface area contributed by atoms with E-state index in [0.29, 0.717) is 0 Å². The minimum Gasteiger partial charge on any atom is -0.478 e. The predicted octanol–water partition coefficient (Wildman–Crippen LogP) is 3.30. The monoisotopic (exact) mass is 289 g/mol. The molecule has 0 heterocycles. The van der Waals surface area contributed by atoms with Crippen LogP contribution in [-0.4, -0.2) is 22.3 Å². The average Bonchev–Trinajstić information content (AvgIpc) is 2.49. The number of aliphatic carboxylic acids is 1. The number of nitriles is 1. The van der Waals surface area contributed by atoms with Crippen molar-refractivity contribution < 1.29 is 24.5 Å². The summed E-state index contributed by atoms with van der Waals surface area (Å²) in [6, 6.07) is 11.6. The first-order chi connectivity index (χ1) is 9.97. The van der Waals surface area contributed by atoms with Crippen molar-refractivity contribution in [3.63, 3.8) is 0 Å². The lowest BCUT2D eigenvalue weighted by molar-refractivity contribution is -0.131. The van der Waals surface area contributed by atoms with Crippen LogP contribution >= 0.6 is 0 Å². The van der Waals surface area contributed by atoms with Gasteiger partial charge in [-0.1, -0.05) is 49.6 Å². The normalized spacial score (nSPS) is 7.95. The maximum absolute atomic E-state index is 9.49. The lowest BCUT2D eigenvalue weighted by atomic mass is 10.2. The van der Waals surface area contributed by atoms with Gasteiger partial charge in [0.25, 0.3) is 0 Å². The highest BCUT2D eigenvalue weighted by atomic mass is 16.7. The maximum Gasteiger partial charge on any atom is 0.510 e. The Kier molecular flexibility index (Phi) is 14.0. The molecule has 0 amide bonds. The first-order valence-electron chi connectivity index (χ1n) is 5.45. The highest BCUT2D eigenvalue weighted by Gasteiger charge is 1.86. The van der Waals surface area contributed by atoms with E-state index in [1.54, 1.807) is 6.07 Å². The highest BCUT2D eigenvalue weighted by Crippen LogP contribution is 1.97. The molecule has 2 N–H and O–H groups in total. The fraction of sp³-hybridized carbons (Fsp3) is 0. The average molecular weight is 289 g/mol. The smallest absolute Gasteiger partial charge is 0.478 e. The Morgan fingerprint density at radius 3 is 2.00 bits per heavy atom. The molecule has 0 atom stereocenters. The number of ether oxygens (including phenoxy) is 1. The topological polar surface area (TPSA) is 108 Å². The summed E-state index contributed by atoms with van der Waals surface area (Å²) in [5, 5.41) is 23.1. The van der Waals surface area contributed by atoms with Crippen molar-refractivity contribution in [3.05, 3.63) is 67.5 Å². The van der Waals surface area contributed by atoms with Crippen LogP contribution < -0.4 is 0 Å². The summed E-state index contributed by atoms with van der Waals surface area (Å²) in [5.74, 6) is -0.981. The van der Waals surface area contributed by atoms with E-state index in [1.165, 1.54) is 5.56 Å². The van der Waals surface area contributed by atoms with Gasteiger partial charge in [0.15, 0.2) is 0 Å². The predicted molar refractivity (Wildman–Crippen MR) is 78.2 cm³/mol. The molecule has 0 fully saturated rings. The molecule has 0 radical (unpaired) electrons. The van der Waals surface area contributed by atoms with E-state index in [2.05, 4.69) is 17.9 Å². The van der Waals surface area contributed by atoms with Crippen LogP contribution in [-0.2, 0) is 9.53 Å². The number of hydrogen-bond acceptors (Lipinski definition) is 4. The number of rotatable bonds is 3. The zero-order valence-electron chi connectivity index (χ0n) is 11.2. The molecule has 1 aromatic carbocycles. The molecule has 0 bridgehead atoms. The first-order valence-corrected chi connectivity index (χ1v) is 5.45. The van der Waals surface area contributed by atoms with Crippen LogP contribution in [0.15, 0.2) is 61.9 Å². The van der Waals surface area contributed by atoms with Crippen LogP contribution in [0, 0.1) is 11.3 Å². The lowest BCUT2D eigenvalue weighted by Crippen LogP contribution is -1.90. The van der Waals surface area contributed by atoms with Gasteiger partial charge in [-0.05, 0) is 5.56 Å². The van der Waals surface area contributed by atoms with Crippen LogP contribution in [0.25, 0.3) is 6.08 Å². The maximum atomic E-state index is 9.49. The van der Waals surface area contributed by atoms with Gasteiger partial charge >= 0.3 is 12.1 Å². The Balaban J connectivity index is 0. The fourth-order valence-corrected chi connectivity index (χ4v) is 0.712. The molecule has 1 rings (SSSR count). The molecule has 0 aromatic heterocycles. The van der Waals surface area contributed by atoms with Crippen molar-refractivity contribution >= 4 is 18.2 Å². The summed E-state index contributed by atoms with van der Waals surface area (Å²) in [6.07, 6.45) is 2.97. The molecule has 0 spiro atoms. The quantitative estimate of drug-likeness (QED) is 0.382. The van der Waals surface area contributed by atoms with Crippen LogP contribution in [0.1, 0.15) is 5.56 Å². The Bertz CT molecular complexity index is 515. The summed E-state index contributed by atoms with van der Waals surface area (Å²) >= 11 is 0. The molecule has 0 unspecified atom stereocenters. The van der Waals surface area contributed by atoms with E-state index in [-0.39, 0.29) is 0 Å². The van der Waals surface area contributed by atoms with Crippen molar-refractivity contribution in [1.29, 1.82) is 5.26 Å². The van der Waals surface area contributed by atoms with E-state index in [1.807, 2.05) is 36.4 Å². The molecule has 110 valence electrons. The van der Waals surface area contributed by atoms with E-state index in [4.69, 9.17) is 15.5 Å². The van der Waals surface area contributed by atoms with Gasteiger partial charge in [-0.25, -0.2) is 9.59 Å². The zero-order chi connectivity index (χ0) is 16.5. The molecular weight excluding hydrogens is 274 g/mol. The zero-order valence-corrected chi connectivity index (χ0v) is 11.2. The number of carboxylic acid groups (broad SMARTS) is 2. The van der Waals surface area contributed by atoms with Gasteiger partial charge in [0.2, 0.25) is 0 Å². The van der Waals surface area contributed by atoms with Crippen molar-refractivity contribution in [2.24, 2.45) is 0 Å². The minimum absolute atomic E-state index is 0.794. The Morgan fingerprint density at radius 1 is 1.19 bits per heavy atom. The molecular formula is C15H15NO5. The standard InChI is InChI=1S/C8H8.C4H3NO3.C3H4O2/c1-2-8-6-4-3-5-7-8;5-2-1-3-8-4(6)7;1-2-3(4)5/h2-7H,1H2;1,3H,(H,6,7);2H,1H2,(H,4,5). The van der Waals surface area contributed by atoms with Gasteiger partial charge in [-0.15, -0.1) is 0 Å². The first kappa shape index (κ1) is 20.0. The van der Waals surface area contributed by atoms with Gasteiger partial charge < -0.3 is 14.9 Å². The fourth-order valence-electron chi connectivity index (χ4n) is 0.712. The summed E-state index contributed by atoms with van der Waals surface area (Å²) in [5.41, 5.74) is 1.17. The van der Waals surface area contributed by atoms with Crippen molar-refractivity contribution in [2.45, 2.75) is 0 Å². The third-order valence-electron chi connectivity index (χ3n) is 1.52. The number of carbonyl (C=O) groups is 2. The number of hydrogen-bond donors (Lipinski definition) is 2. The van der Waals surface area contributed by atoms with Crippen LogP contribution in [0.5, 0.6) is 0 Å². The van der Waals surface area contributed by atoms with Crippen molar-refractivity contribution in [3.8, 4) is 6.07 Å². The number of benzene rings is 1. The second-order valence-corrected chi connectivity index (χ2v) is 2.97. The van der Waals surface area contributed by atoms with Gasteiger partial charge in [0, 0.05) is 6.08 Å². The molecule has 1 aromatic rings. The summed E-state index contributed by atoms with van der Waals surface area (Å²) in [4.78, 5) is 18.7. The number of carboxylic acids is 1. The lowest BCUT2D eigenvalue weighted by Gasteiger charge is -1.85. The number of allylic oxidation sites excluding steroid dienone is 1. The summed E-state index contributed by atoms with van der Waals surface area (Å²) in [7, 11) is 0. The Labute approximate surface area is 122 Å². The highest BCUT2D eigenvalue weighted by molar-refractivity contribution is 5.78. The molecule has 6 nitrogen and oxygen atoms in total. The third-order valence-corrected chi connectivity index (χ3v) is 1.52. The van der Waals surface area contributed by atoms with E-state index in [0.717, 1.165) is 18.4 Å². The Hall–Kier alpha value is -3.33. The molecule has 6 heteroatoms. The minimum atomic E-state index is -1.42. The third kappa shape index (κ3) is 19.2. The van der Waals surface area contributed by atoms with E-state index >= 15 is 0 Å². The van der Waals surface area contributed by atoms with Crippen molar-refractivity contribution in [1.82, 2.24) is 0 Å². The van der Waals surface area contributed by atoms with Crippen molar-refractivity contribution in [2.75, 3.05) is 0 Å². The van der Waals surface area contributed by atoms with Gasteiger partial charge in [-0.3, -0.25) is 0 Å². The van der Waals surface area contributed by atoms with Crippen LogP contribution in [0.2, 0.25) is 0 Å². The van der Waals surface area contributed by atoms with E-state index in [9.17, 15) is 9.59 Å². The second-order valence-electron chi connectivity index (χ2n) is 2.97. The van der Waals surface area contributed by atoms with Crippen LogP contribution in [0.4, 0.5) is 4.79 Å². The largest absolute Gasteiger partial charge is 0.510 e. The molecule has 0 aliphatic rings. The molecule has 0 aliphatic carbocycles. The van der Waals surface area contributed by atoms with Gasteiger partial charge in [0.05, 0.1) is 12.1 Å². The summed E-state index contributed by atoms with van der Waals surface area (Å²) in [6.45, 7) is 6.59. The SMILES string of the molecule is C=CC(=O)O.C=Cc1ccccc1.N#CC=COC(=O)O. The molecule has 21 heavy (non-hydrogen) atoms. The Morgan fingerprint density at radius 2 is 1.71 bits per heavy atom. The molecule has 0 aliphatic heterocycles. The number of nitrogens with zero attached hydrogens (tertiary/aromatic N) is 1. The van der Waals surface area contributed by atoms with Gasteiger partial charge in [0.1, 0.15) is 6.26 Å².